The van der Waals surface area contributed by atoms with E-state index in [-0.39, 0.29) is 0 Å². The molecule has 1 rings (SSSR count). The van der Waals surface area contributed by atoms with Crippen LogP contribution in [0.5, 0.6) is 0 Å². The maximum Gasteiger partial charge on any atom is 0.0459 e. The van der Waals surface area contributed by atoms with E-state index >= 15 is 0 Å². The van der Waals surface area contributed by atoms with Gasteiger partial charge in [0.25, 0.3) is 0 Å². The molecule has 0 heterocycles. The molecule has 0 aliphatic heterocycles. The Kier molecular flexibility index (Phi) is 3.87. The first kappa shape index (κ1) is 9.01. The van der Waals surface area contributed by atoms with Crippen LogP contribution in [0.15, 0.2) is 0 Å². The molecule has 0 unspecified atom stereocenters. The molecule has 1 saturated carbocycles. The molecule has 0 aromatic heterocycles. The van der Waals surface area contributed by atoms with Gasteiger partial charge in [-0.25, -0.2) is 0 Å². The molecule has 1 aliphatic carbocycles. The second-order valence-corrected chi connectivity index (χ2v) is 3.46. The van der Waals surface area contributed by atoms with Gasteiger partial charge in [0.1, 0.15) is 0 Å². The average Bonchev–Trinajstić information content (AvgIpc) is 2.07. The lowest BCUT2D eigenvalue weighted by molar-refractivity contribution is 0.176. The maximum atomic E-state index is 8.89. The van der Waals surface area contributed by atoms with Crippen molar-refractivity contribution >= 4 is 0 Å². The van der Waals surface area contributed by atoms with E-state index in [0.29, 0.717) is 12.5 Å². The Labute approximate surface area is 69.0 Å². The molecule has 2 heteroatoms. The van der Waals surface area contributed by atoms with E-state index in [9.17, 15) is 0 Å². The highest BCUT2D eigenvalue weighted by Crippen LogP contribution is 2.23. The molecule has 0 spiro atoms. The standard InChI is InChI=1S/C9H19NO/c1-2-10-9-5-3-8(7-11)4-6-9/h8-11H,2-7H2,1H3. The van der Waals surface area contributed by atoms with Crippen LogP contribution in [0.2, 0.25) is 0 Å². The topological polar surface area (TPSA) is 32.3 Å². The highest BCUT2D eigenvalue weighted by atomic mass is 16.3. The van der Waals surface area contributed by atoms with Crippen molar-refractivity contribution in [3.63, 3.8) is 0 Å². The molecule has 1 aliphatic rings. The monoisotopic (exact) mass is 157 g/mol. The second kappa shape index (κ2) is 4.73. The van der Waals surface area contributed by atoms with Crippen LogP contribution in [0.25, 0.3) is 0 Å². The van der Waals surface area contributed by atoms with Crippen molar-refractivity contribution in [3.05, 3.63) is 0 Å². The van der Waals surface area contributed by atoms with Crippen LogP contribution < -0.4 is 5.32 Å². The van der Waals surface area contributed by atoms with Crippen molar-refractivity contribution in [2.75, 3.05) is 13.2 Å². The Morgan fingerprint density at radius 2 is 1.91 bits per heavy atom. The van der Waals surface area contributed by atoms with Gasteiger partial charge in [0, 0.05) is 12.6 Å². The SMILES string of the molecule is CCNC1CCC(CO)CC1. The van der Waals surface area contributed by atoms with Crippen molar-refractivity contribution in [3.8, 4) is 0 Å². The molecule has 0 atom stereocenters. The van der Waals surface area contributed by atoms with Crippen LogP contribution in [0.4, 0.5) is 0 Å². The summed E-state index contributed by atoms with van der Waals surface area (Å²) < 4.78 is 0. The van der Waals surface area contributed by atoms with E-state index < -0.39 is 0 Å². The molecule has 0 radical (unpaired) electrons. The first-order valence-corrected chi connectivity index (χ1v) is 4.71. The van der Waals surface area contributed by atoms with Gasteiger partial charge in [-0.15, -0.1) is 0 Å². The lowest BCUT2D eigenvalue weighted by Gasteiger charge is -2.27. The van der Waals surface area contributed by atoms with Gasteiger partial charge in [0.2, 0.25) is 0 Å². The number of rotatable bonds is 3. The van der Waals surface area contributed by atoms with Crippen LogP contribution in [0, 0.1) is 5.92 Å². The van der Waals surface area contributed by atoms with E-state index in [1.54, 1.807) is 0 Å². The lowest BCUT2D eigenvalue weighted by Crippen LogP contribution is -2.33. The summed E-state index contributed by atoms with van der Waals surface area (Å²) in [5.41, 5.74) is 0. The Morgan fingerprint density at radius 3 is 2.36 bits per heavy atom. The van der Waals surface area contributed by atoms with Crippen molar-refractivity contribution in [1.82, 2.24) is 5.32 Å². The zero-order valence-corrected chi connectivity index (χ0v) is 7.34. The fraction of sp³-hybridized carbons (Fsp3) is 1.00. The molecule has 0 aromatic rings. The van der Waals surface area contributed by atoms with Crippen LogP contribution in [0.1, 0.15) is 32.6 Å². The van der Waals surface area contributed by atoms with E-state index in [2.05, 4.69) is 12.2 Å². The third-order valence-corrected chi connectivity index (χ3v) is 2.60. The van der Waals surface area contributed by atoms with Crippen molar-refractivity contribution < 1.29 is 5.11 Å². The maximum absolute atomic E-state index is 8.89. The predicted octanol–water partition coefficient (Wildman–Crippen LogP) is 1.15. The molecule has 66 valence electrons. The van der Waals surface area contributed by atoms with Crippen molar-refractivity contribution in [1.29, 1.82) is 0 Å². The zero-order chi connectivity index (χ0) is 8.10. The molecule has 2 N–H and O–H groups in total. The minimum absolute atomic E-state index is 0.388. The summed E-state index contributed by atoms with van der Waals surface area (Å²) in [5, 5.41) is 12.3. The van der Waals surface area contributed by atoms with Crippen molar-refractivity contribution in [2.45, 2.75) is 38.6 Å². The summed E-state index contributed by atoms with van der Waals surface area (Å²) in [7, 11) is 0. The van der Waals surface area contributed by atoms with Gasteiger partial charge in [-0.3, -0.25) is 0 Å². The zero-order valence-electron chi connectivity index (χ0n) is 7.34. The summed E-state index contributed by atoms with van der Waals surface area (Å²) in [6, 6.07) is 0.725. The summed E-state index contributed by atoms with van der Waals surface area (Å²) in [6.45, 7) is 3.62. The molecule has 0 aromatic carbocycles. The molecule has 2 nitrogen and oxygen atoms in total. The van der Waals surface area contributed by atoms with E-state index in [1.807, 2.05) is 0 Å². The third-order valence-electron chi connectivity index (χ3n) is 2.60. The van der Waals surface area contributed by atoms with Gasteiger partial charge in [0.05, 0.1) is 0 Å². The summed E-state index contributed by atoms with van der Waals surface area (Å²) >= 11 is 0. The van der Waals surface area contributed by atoms with E-state index in [0.717, 1.165) is 12.6 Å². The number of hydrogen-bond donors (Lipinski definition) is 2. The molecular weight excluding hydrogens is 138 g/mol. The second-order valence-electron chi connectivity index (χ2n) is 3.46. The number of nitrogens with one attached hydrogen (secondary N) is 1. The summed E-state index contributed by atoms with van der Waals surface area (Å²) in [4.78, 5) is 0. The number of aliphatic hydroxyl groups is 1. The summed E-state index contributed by atoms with van der Waals surface area (Å²) in [5.74, 6) is 0.588. The number of hydrogen-bond acceptors (Lipinski definition) is 2. The van der Waals surface area contributed by atoms with Gasteiger partial charge in [-0.1, -0.05) is 6.92 Å². The normalized spacial score (nSPS) is 32.2. The first-order chi connectivity index (χ1) is 5.36. The highest BCUT2D eigenvalue weighted by Gasteiger charge is 2.19. The number of aliphatic hydroxyl groups excluding tert-OH is 1. The highest BCUT2D eigenvalue weighted by molar-refractivity contribution is 4.75. The molecule has 0 amide bonds. The van der Waals surface area contributed by atoms with Gasteiger partial charge >= 0.3 is 0 Å². The Bertz CT molecular complexity index is 97.7. The predicted molar refractivity (Wildman–Crippen MR) is 46.5 cm³/mol. The molecule has 11 heavy (non-hydrogen) atoms. The lowest BCUT2D eigenvalue weighted by atomic mass is 9.86. The van der Waals surface area contributed by atoms with Crippen LogP contribution in [-0.2, 0) is 0 Å². The minimum atomic E-state index is 0.388. The van der Waals surface area contributed by atoms with Crippen LogP contribution >= 0.6 is 0 Å². The molecule has 0 saturated heterocycles. The summed E-state index contributed by atoms with van der Waals surface area (Å²) in [6.07, 6.45) is 4.90. The Hall–Kier alpha value is -0.0800. The molecular formula is C9H19NO. The van der Waals surface area contributed by atoms with Crippen LogP contribution in [0.3, 0.4) is 0 Å². The Morgan fingerprint density at radius 1 is 1.27 bits per heavy atom. The third kappa shape index (κ3) is 2.80. The van der Waals surface area contributed by atoms with E-state index in [1.165, 1.54) is 25.7 Å². The smallest absolute Gasteiger partial charge is 0.0459 e. The Balaban J connectivity index is 2.14. The molecule has 1 fully saturated rings. The fourth-order valence-corrected chi connectivity index (χ4v) is 1.84. The fourth-order valence-electron chi connectivity index (χ4n) is 1.84. The van der Waals surface area contributed by atoms with Gasteiger partial charge in [0.15, 0.2) is 0 Å². The average molecular weight is 157 g/mol. The first-order valence-electron chi connectivity index (χ1n) is 4.71. The quantitative estimate of drug-likeness (QED) is 0.644. The van der Waals surface area contributed by atoms with Crippen LogP contribution in [-0.4, -0.2) is 24.3 Å². The van der Waals surface area contributed by atoms with Gasteiger partial charge in [-0.05, 0) is 38.1 Å². The minimum Gasteiger partial charge on any atom is -0.396 e. The van der Waals surface area contributed by atoms with Crippen molar-refractivity contribution in [2.24, 2.45) is 5.92 Å². The molecule has 0 bridgehead atoms. The van der Waals surface area contributed by atoms with Gasteiger partial charge in [-0.2, -0.15) is 0 Å². The van der Waals surface area contributed by atoms with E-state index in [4.69, 9.17) is 5.11 Å². The largest absolute Gasteiger partial charge is 0.396 e. The van der Waals surface area contributed by atoms with Gasteiger partial charge < -0.3 is 10.4 Å².